The number of pyridine rings is 1. The molecule has 0 fully saturated rings. The van der Waals surface area contributed by atoms with Gasteiger partial charge in [-0.15, -0.1) is 10.2 Å². The van der Waals surface area contributed by atoms with Gasteiger partial charge in [-0.3, -0.25) is 0 Å². The zero-order chi connectivity index (χ0) is 9.26. The number of anilines is 1. The van der Waals surface area contributed by atoms with Gasteiger partial charge in [0.1, 0.15) is 9.61 Å². The summed E-state index contributed by atoms with van der Waals surface area (Å²) in [7, 11) is 0. The van der Waals surface area contributed by atoms with Crippen molar-refractivity contribution in [2.75, 3.05) is 5.73 Å². The van der Waals surface area contributed by atoms with Crippen LogP contribution in [0.15, 0.2) is 22.9 Å². The number of rotatable bonds is 1. The Morgan fingerprint density at radius 1 is 1.38 bits per heavy atom. The number of nitrogens with zero attached hydrogens (tertiary/aromatic N) is 3. The lowest BCUT2D eigenvalue weighted by molar-refractivity contribution is 1.10. The molecule has 0 aliphatic rings. The van der Waals surface area contributed by atoms with Gasteiger partial charge in [0.05, 0.1) is 0 Å². The second-order valence-corrected chi connectivity index (χ2v) is 4.13. The molecule has 2 aromatic heterocycles. The Balaban J connectivity index is 2.46. The summed E-state index contributed by atoms with van der Waals surface area (Å²) in [5.41, 5.74) is 6.44. The molecule has 13 heavy (non-hydrogen) atoms. The molecule has 0 amide bonds. The van der Waals surface area contributed by atoms with Crippen LogP contribution >= 0.6 is 27.3 Å². The maximum Gasteiger partial charge on any atom is 0.203 e. The van der Waals surface area contributed by atoms with Gasteiger partial charge in [-0.2, -0.15) is 0 Å². The molecular formula is C7H5BrN4S. The lowest BCUT2D eigenvalue weighted by atomic mass is 10.3. The van der Waals surface area contributed by atoms with E-state index in [1.165, 1.54) is 11.3 Å². The molecule has 0 aromatic carbocycles. The normalized spacial score (nSPS) is 10.2. The summed E-state index contributed by atoms with van der Waals surface area (Å²) >= 11 is 4.64. The third-order valence-electron chi connectivity index (χ3n) is 1.41. The number of halogens is 1. The van der Waals surface area contributed by atoms with Crippen molar-refractivity contribution in [3.05, 3.63) is 22.9 Å². The summed E-state index contributed by atoms with van der Waals surface area (Å²) < 4.78 is 0.777. The SMILES string of the molecule is Nc1nnc(-c2ccnc(Br)c2)s1. The fraction of sp³-hybridized carbons (Fsp3) is 0. The van der Waals surface area contributed by atoms with E-state index in [0.29, 0.717) is 5.13 Å². The molecule has 0 aliphatic heterocycles. The predicted octanol–water partition coefficient (Wildman–Crippen LogP) is 1.94. The lowest BCUT2D eigenvalue weighted by Crippen LogP contribution is -1.80. The van der Waals surface area contributed by atoms with E-state index >= 15 is 0 Å². The molecule has 0 radical (unpaired) electrons. The Kier molecular flexibility index (Phi) is 2.24. The maximum absolute atomic E-state index is 5.47. The van der Waals surface area contributed by atoms with Crippen molar-refractivity contribution in [3.63, 3.8) is 0 Å². The van der Waals surface area contributed by atoms with Crippen molar-refractivity contribution in [3.8, 4) is 10.6 Å². The van der Waals surface area contributed by atoms with E-state index in [1.54, 1.807) is 6.20 Å². The number of hydrogen-bond acceptors (Lipinski definition) is 5. The first-order valence-electron chi connectivity index (χ1n) is 3.46. The molecule has 0 unspecified atom stereocenters. The van der Waals surface area contributed by atoms with Crippen LogP contribution in [0.3, 0.4) is 0 Å². The van der Waals surface area contributed by atoms with Gasteiger partial charge in [0.2, 0.25) is 5.13 Å². The minimum absolute atomic E-state index is 0.475. The summed E-state index contributed by atoms with van der Waals surface area (Å²) in [5.74, 6) is 0. The standard InChI is InChI=1S/C7H5BrN4S/c8-5-3-4(1-2-10-5)6-11-12-7(9)13-6/h1-3H,(H2,9,12). The van der Waals surface area contributed by atoms with Crippen molar-refractivity contribution in [2.24, 2.45) is 0 Å². The van der Waals surface area contributed by atoms with E-state index in [0.717, 1.165) is 15.2 Å². The third kappa shape index (κ3) is 1.84. The fourth-order valence-electron chi connectivity index (χ4n) is 0.887. The van der Waals surface area contributed by atoms with Crippen LogP contribution in [0.1, 0.15) is 0 Å². The highest BCUT2D eigenvalue weighted by atomic mass is 79.9. The Morgan fingerprint density at radius 2 is 2.23 bits per heavy atom. The van der Waals surface area contributed by atoms with Gasteiger partial charge in [-0.25, -0.2) is 4.98 Å². The monoisotopic (exact) mass is 256 g/mol. The largest absolute Gasteiger partial charge is 0.374 e. The second kappa shape index (κ2) is 3.39. The van der Waals surface area contributed by atoms with Gasteiger partial charge in [0.25, 0.3) is 0 Å². The number of nitrogens with two attached hydrogens (primary N) is 1. The number of nitrogen functional groups attached to an aromatic ring is 1. The van der Waals surface area contributed by atoms with Crippen LogP contribution in [0.5, 0.6) is 0 Å². The quantitative estimate of drug-likeness (QED) is 0.793. The first-order chi connectivity index (χ1) is 6.25. The van der Waals surface area contributed by atoms with Crippen molar-refractivity contribution >= 4 is 32.4 Å². The van der Waals surface area contributed by atoms with Crippen molar-refractivity contribution < 1.29 is 0 Å². The molecule has 4 nitrogen and oxygen atoms in total. The molecule has 2 N–H and O–H groups in total. The fourth-order valence-corrected chi connectivity index (χ4v) is 1.86. The Morgan fingerprint density at radius 3 is 2.85 bits per heavy atom. The van der Waals surface area contributed by atoms with E-state index in [2.05, 4.69) is 31.1 Å². The van der Waals surface area contributed by atoms with Crippen molar-refractivity contribution in [1.82, 2.24) is 15.2 Å². The summed E-state index contributed by atoms with van der Waals surface area (Å²) in [6.07, 6.45) is 1.71. The Labute approximate surface area is 87.0 Å². The first kappa shape index (κ1) is 8.58. The van der Waals surface area contributed by atoms with E-state index in [4.69, 9.17) is 5.73 Å². The van der Waals surface area contributed by atoms with Crippen LogP contribution in [0, 0.1) is 0 Å². The van der Waals surface area contributed by atoms with Crippen LogP contribution < -0.4 is 5.73 Å². The molecule has 66 valence electrons. The average Bonchev–Trinajstić information content (AvgIpc) is 2.52. The maximum atomic E-state index is 5.47. The smallest absolute Gasteiger partial charge is 0.203 e. The summed E-state index contributed by atoms with van der Waals surface area (Å²) in [6.45, 7) is 0. The van der Waals surface area contributed by atoms with Gasteiger partial charge < -0.3 is 5.73 Å². The zero-order valence-electron chi connectivity index (χ0n) is 6.44. The molecule has 2 aromatic rings. The van der Waals surface area contributed by atoms with E-state index in [1.807, 2.05) is 12.1 Å². The van der Waals surface area contributed by atoms with Gasteiger partial charge >= 0.3 is 0 Å². The zero-order valence-corrected chi connectivity index (χ0v) is 8.84. The highest BCUT2D eigenvalue weighted by molar-refractivity contribution is 9.10. The molecule has 6 heteroatoms. The highest BCUT2D eigenvalue weighted by Gasteiger charge is 2.04. The minimum Gasteiger partial charge on any atom is -0.374 e. The molecule has 0 aliphatic carbocycles. The van der Waals surface area contributed by atoms with Crippen LogP contribution in [0.25, 0.3) is 10.6 Å². The van der Waals surface area contributed by atoms with Crippen LogP contribution in [0.4, 0.5) is 5.13 Å². The molecule has 0 spiro atoms. The van der Waals surface area contributed by atoms with E-state index < -0.39 is 0 Å². The molecule has 2 heterocycles. The topological polar surface area (TPSA) is 64.7 Å². The van der Waals surface area contributed by atoms with Crippen LogP contribution in [0.2, 0.25) is 0 Å². The van der Waals surface area contributed by atoms with Crippen molar-refractivity contribution in [2.45, 2.75) is 0 Å². The Hall–Kier alpha value is -1.01. The number of hydrogen-bond donors (Lipinski definition) is 1. The first-order valence-corrected chi connectivity index (χ1v) is 5.07. The highest BCUT2D eigenvalue weighted by Crippen LogP contribution is 2.25. The molecule has 0 saturated carbocycles. The second-order valence-electron chi connectivity index (χ2n) is 2.31. The van der Waals surface area contributed by atoms with Gasteiger partial charge in [0.15, 0.2) is 0 Å². The number of aromatic nitrogens is 3. The van der Waals surface area contributed by atoms with Crippen LogP contribution in [-0.4, -0.2) is 15.2 Å². The van der Waals surface area contributed by atoms with Crippen molar-refractivity contribution in [1.29, 1.82) is 0 Å². The van der Waals surface area contributed by atoms with Gasteiger partial charge in [-0.1, -0.05) is 11.3 Å². The van der Waals surface area contributed by atoms with E-state index in [-0.39, 0.29) is 0 Å². The van der Waals surface area contributed by atoms with E-state index in [9.17, 15) is 0 Å². The van der Waals surface area contributed by atoms with Gasteiger partial charge in [0, 0.05) is 11.8 Å². The molecule has 2 rings (SSSR count). The molecule has 0 bridgehead atoms. The third-order valence-corrected chi connectivity index (χ3v) is 2.65. The summed E-state index contributed by atoms with van der Waals surface area (Å²) in [5, 5.41) is 8.94. The lowest BCUT2D eigenvalue weighted by Gasteiger charge is -1.93. The average molecular weight is 257 g/mol. The Bertz CT molecular complexity index is 428. The molecule has 0 saturated heterocycles. The minimum atomic E-state index is 0.475. The summed E-state index contributed by atoms with van der Waals surface area (Å²) in [4.78, 5) is 4.01. The predicted molar refractivity (Wildman–Crippen MR) is 55.3 cm³/mol. The van der Waals surface area contributed by atoms with Crippen LogP contribution in [-0.2, 0) is 0 Å². The van der Waals surface area contributed by atoms with Gasteiger partial charge in [-0.05, 0) is 28.1 Å². The molecular weight excluding hydrogens is 252 g/mol. The molecule has 0 atom stereocenters. The summed E-state index contributed by atoms with van der Waals surface area (Å²) in [6, 6.07) is 3.74.